The van der Waals surface area contributed by atoms with E-state index < -0.39 is 5.82 Å². The van der Waals surface area contributed by atoms with Crippen LogP contribution in [0.25, 0.3) is 0 Å². The Morgan fingerprint density at radius 2 is 2.33 bits per heavy atom. The Morgan fingerprint density at radius 1 is 1.60 bits per heavy atom. The normalized spacial score (nSPS) is 11.2. The smallest absolute Gasteiger partial charge is 0.124 e. The van der Waals surface area contributed by atoms with Gasteiger partial charge in [0.05, 0.1) is 11.3 Å². The van der Waals surface area contributed by atoms with E-state index in [1.807, 2.05) is 13.0 Å². The van der Waals surface area contributed by atoms with Gasteiger partial charge in [-0.2, -0.15) is 5.26 Å². The number of nitrogens with one attached hydrogen (secondary N) is 1. The Bertz CT molecular complexity index is 426. The number of rotatable bonds is 3. The summed E-state index contributed by atoms with van der Waals surface area (Å²) >= 11 is 0. The third kappa shape index (κ3) is 3.00. The van der Waals surface area contributed by atoms with Crippen molar-refractivity contribution in [3.8, 4) is 18.4 Å². The van der Waals surface area contributed by atoms with Crippen molar-refractivity contribution in [3.63, 3.8) is 0 Å². The number of nitrogens with zero attached hydrogens (tertiary/aromatic N) is 1. The number of hydrogen-bond donors (Lipinski definition) is 1. The van der Waals surface area contributed by atoms with Gasteiger partial charge in [0.15, 0.2) is 0 Å². The number of halogens is 1. The zero-order valence-electron chi connectivity index (χ0n) is 8.42. The van der Waals surface area contributed by atoms with Gasteiger partial charge in [-0.25, -0.2) is 4.39 Å². The first-order valence-electron chi connectivity index (χ1n) is 4.57. The molecule has 0 fully saturated rings. The topological polar surface area (TPSA) is 35.8 Å². The van der Waals surface area contributed by atoms with E-state index in [1.54, 1.807) is 6.07 Å². The van der Waals surface area contributed by atoms with Crippen molar-refractivity contribution in [2.45, 2.75) is 19.4 Å². The number of nitriles is 1. The van der Waals surface area contributed by atoms with Crippen molar-refractivity contribution in [2.75, 3.05) is 5.32 Å². The second kappa shape index (κ2) is 5.02. The average Bonchev–Trinajstić information content (AvgIpc) is 2.21. The molecule has 0 heterocycles. The minimum atomic E-state index is -0.415. The van der Waals surface area contributed by atoms with E-state index in [1.165, 1.54) is 12.1 Å². The predicted octanol–water partition coefficient (Wildman–Crippen LogP) is 2.52. The van der Waals surface area contributed by atoms with Crippen LogP contribution < -0.4 is 5.32 Å². The Labute approximate surface area is 88.7 Å². The number of terminal acetylenes is 1. The summed E-state index contributed by atoms with van der Waals surface area (Å²) < 4.78 is 12.8. The van der Waals surface area contributed by atoms with Crippen molar-refractivity contribution < 1.29 is 4.39 Å². The second-order valence-electron chi connectivity index (χ2n) is 3.26. The summed E-state index contributed by atoms with van der Waals surface area (Å²) in [6.07, 6.45) is 5.72. The van der Waals surface area contributed by atoms with Gasteiger partial charge in [0.1, 0.15) is 11.9 Å². The molecule has 0 aromatic heterocycles. The minimum Gasteiger partial charge on any atom is -0.381 e. The lowest BCUT2D eigenvalue weighted by Gasteiger charge is -2.13. The first-order valence-corrected chi connectivity index (χ1v) is 4.57. The monoisotopic (exact) mass is 202 g/mol. The van der Waals surface area contributed by atoms with Crippen molar-refractivity contribution in [3.05, 3.63) is 29.6 Å². The Balaban J connectivity index is 2.87. The van der Waals surface area contributed by atoms with Crippen LogP contribution in [0.2, 0.25) is 0 Å². The molecule has 0 amide bonds. The van der Waals surface area contributed by atoms with Crippen molar-refractivity contribution in [2.24, 2.45) is 0 Å². The van der Waals surface area contributed by atoms with E-state index in [2.05, 4.69) is 11.2 Å². The lowest BCUT2D eigenvalue weighted by Crippen LogP contribution is -2.14. The van der Waals surface area contributed by atoms with Gasteiger partial charge < -0.3 is 5.32 Å². The second-order valence-corrected chi connectivity index (χ2v) is 3.26. The molecule has 76 valence electrons. The fourth-order valence-corrected chi connectivity index (χ4v) is 1.23. The van der Waals surface area contributed by atoms with E-state index in [9.17, 15) is 4.39 Å². The highest BCUT2D eigenvalue weighted by molar-refractivity contribution is 5.57. The van der Waals surface area contributed by atoms with Gasteiger partial charge in [0, 0.05) is 12.5 Å². The van der Waals surface area contributed by atoms with E-state index in [4.69, 9.17) is 11.7 Å². The first kappa shape index (κ1) is 11.1. The quantitative estimate of drug-likeness (QED) is 0.764. The number of anilines is 1. The lowest BCUT2D eigenvalue weighted by molar-refractivity contribution is 0.627. The molecule has 1 N–H and O–H groups in total. The molecule has 0 spiro atoms. The van der Waals surface area contributed by atoms with Crippen LogP contribution in [0.1, 0.15) is 18.9 Å². The molecule has 1 atom stereocenters. The Hall–Kier alpha value is -2.00. The van der Waals surface area contributed by atoms with Crippen molar-refractivity contribution in [1.82, 2.24) is 0 Å². The molecule has 0 saturated carbocycles. The molecule has 0 bridgehead atoms. The van der Waals surface area contributed by atoms with Crippen LogP contribution in [-0.4, -0.2) is 6.04 Å². The van der Waals surface area contributed by atoms with Crippen LogP contribution in [0, 0.1) is 29.5 Å². The fourth-order valence-electron chi connectivity index (χ4n) is 1.23. The number of hydrogen-bond acceptors (Lipinski definition) is 2. The van der Waals surface area contributed by atoms with Crippen molar-refractivity contribution >= 4 is 5.69 Å². The van der Waals surface area contributed by atoms with Crippen LogP contribution in [0.3, 0.4) is 0 Å². The first-order chi connectivity index (χ1) is 7.17. The maximum Gasteiger partial charge on any atom is 0.124 e. The minimum absolute atomic E-state index is 0.0626. The molecular formula is C12H11FN2. The summed E-state index contributed by atoms with van der Waals surface area (Å²) in [5.74, 6) is 2.10. The van der Waals surface area contributed by atoms with Crippen LogP contribution in [0.15, 0.2) is 18.2 Å². The van der Waals surface area contributed by atoms with Gasteiger partial charge in [-0.05, 0) is 25.1 Å². The molecule has 2 nitrogen and oxygen atoms in total. The molecule has 0 saturated heterocycles. The van der Waals surface area contributed by atoms with Gasteiger partial charge in [-0.1, -0.05) is 0 Å². The van der Waals surface area contributed by atoms with E-state index in [0.717, 1.165) is 0 Å². The van der Waals surface area contributed by atoms with Gasteiger partial charge in [-0.15, -0.1) is 12.3 Å². The van der Waals surface area contributed by atoms with E-state index in [-0.39, 0.29) is 6.04 Å². The van der Waals surface area contributed by atoms with Gasteiger partial charge in [-0.3, -0.25) is 0 Å². The highest BCUT2D eigenvalue weighted by Crippen LogP contribution is 2.17. The predicted molar refractivity (Wildman–Crippen MR) is 57.6 cm³/mol. The SMILES string of the molecule is C#CCC(C)Nc1ccc(F)cc1C#N. The molecule has 3 heteroatoms. The summed E-state index contributed by atoms with van der Waals surface area (Å²) in [7, 11) is 0. The van der Waals surface area contributed by atoms with E-state index in [0.29, 0.717) is 17.7 Å². The summed E-state index contributed by atoms with van der Waals surface area (Å²) in [5, 5.41) is 11.8. The molecular weight excluding hydrogens is 191 g/mol. The summed E-state index contributed by atoms with van der Waals surface area (Å²) in [6.45, 7) is 1.91. The maximum atomic E-state index is 12.8. The van der Waals surface area contributed by atoms with Gasteiger partial charge in [0.2, 0.25) is 0 Å². The zero-order chi connectivity index (χ0) is 11.3. The standard InChI is InChI=1S/C12H11FN2/c1-3-4-9(2)15-12-6-5-11(13)7-10(12)8-14/h1,5-7,9,15H,4H2,2H3. The fraction of sp³-hybridized carbons (Fsp3) is 0.250. The summed E-state index contributed by atoms with van der Waals surface area (Å²) in [4.78, 5) is 0. The summed E-state index contributed by atoms with van der Waals surface area (Å²) in [6, 6.07) is 6.05. The highest BCUT2D eigenvalue weighted by Gasteiger charge is 2.06. The molecule has 1 rings (SSSR count). The lowest BCUT2D eigenvalue weighted by atomic mass is 10.1. The third-order valence-corrected chi connectivity index (χ3v) is 1.93. The van der Waals surface area contributed by atoms with Crippen molar-refractivity contribution in [1.29, 1.82) is 5.26 Å². The molecule has 0 radical (unpaired) electrons. The average molecular weight is 202 g/mol. The van der Waals surface area contributed by atoms with Crippen LogP contribution in [0.4, 0.5) is 10.1 Å². The zero-order valence-corrected chi connectivity index (χ0v) is 8.42. The molecule has 0 aliphatic heterocycles. The van der Waals surface area contributed by atoms with Crippen LogP contribution in [0.5, 0.6) is 0 Å². The maximum absolute atomic E-state index is 12.8. The summed E-state index contributed by atoms with van der Waals surface area (Å²) in [5.41, 5.74) is 0.903. The molecule has 1 unspecified atom stereocenters. The largest absolute Gasteiger partial charge is 0.381 e. The van der Waals surface area contributed by atoms with E-state index >= 15 is 0 Å². The van der Waals surface area contributed by atoms with Gasteiger partial charge >= 0.3 is 0 Å². The highest BCUT2D eigenvalue weighted by atomic mass is 19.1. The van der Waals surface area contributed by atoms with Crippen LogP contribution >= 0.6 is 0 Å². The Kier molecular flexibility index (Phi) is 3.71. The molecule has 1 aromatic rings. The molecule has 0 aliphatic rings. The molecule has 0 aliphatic carbocycles. The van der Waals surface area contributed by atoms with Crippen LogP contribution in [-0.2, 0) is 0 Å². The molecule has 15 heavy (non-hydrogen) atoms. The van der Waals surface area contributed by atoms with Gasteiger partial charge in [0.25, 0.3) is 0 Å². The third-order valence-electron chi connectivity index (χ3n) is 1.93. The number of benzene rings is 1. The Morgan fingerprint density at radius 3 is 2.93 bits per heavy atom. The molecule has 1 aromatic carbocycles.